The zero-order valence-electron chi connectivity index (χ0n) is 9.82. The topological polar surface area (TPSA) is 93.2 Å². The first-order chi connectivity index (χ1) is 7.47. The van der Waals surface area contributed by atoms with Crippen molar-refractivity contribution in [1.29, 1.82) is 0 Å². The highest BCUT2D eigenvalue weighted by Crippen LogP contribution is 2.16. The largest absolute Gasteiger partial charge is 0.395 e. The molecule has 0 saturated carbocycles. The number of carbonyl (C=O) groups is 1. The van der Waals surface area contributed by atoms with E-state index in [1.807, 2.05) is 6.92 Å². The molecule has 0 bridgehead atoms. The van der Waals surface area contributed by atoms with Crippen molar-refractivity contribution in [1.82, 2.24) is 15.1 Å². The third-order valence-corrected chi connectivity index (χ3v) is 2.27. The molecule has 0 aliphatic heterocycles. The number of nitrogens with zero attached hydrogens (tertiary/aromatic N) is 2. The standard InChI is InChI=1S/C10H18N4O2/c1-4-7-8(11)9(14(3)13-7)10(16)12-5-6(2)15/h6,15H,4-5,11H2,1-3H3,(H,12,16). The molecule has 1 atom stereocenters. The lowest BCUT2D eigenvalue weighted by Gasteiger charge is -2.07. The fraction of sp³-hybridized carbons (Fsp3) is 0.600. The number of carbonyl (C=O) groups excluding carboxylic acids is 1. The Labute approximate surface area is 94.4 Å². The highest BCUT2D eigenvalue weighted by Gasteiger charge is 2.18. The third-order valence-electron chi connectivity index (χ3n) is 2.27. The lowest BCUT2D eigenvalue weighted by atomic mass is 10.2. The van der Waals surface area contributed by atoms with Crippen molar-refractivity contribution < 1.29 is 9.90 Å². The van der Waals surface area contributed by atoms with E-state index in [9.17, 15) is 4.79 Å². The molecule has 90 valence electrons. The maximum absolute atomic E-state index is 11.8. The van der Waals surface area contributed by atoms with Crippen LogP contribution in [-0.2, 0) is 13.5 Å². The van der Waals surface area contributed by atoms with Crippen LogP contribution in [-0.4, -0.2) is 33.4 Å². The molecular weight excluding hydrogens is 208 g/mol. The molecule has 1 aromatic rings. The molecule has 1 aromatic heterocycles. The molecule has 1 rings (SSSR count). The molecule has 6 heteroatoms. The van der Waals surface area contributed by atoms with Crippen molar-refractivity contribution in [2.45, 2.75) is 26.4 Å². The van der Waals surface area contributed by atoms with Crippen LogP contribution in [0, 0.1) is 0 Å². The zero-order chi connectivity index (χ0) is 12.3. The number of nitrogen functional groups attached to an aromatic ring is 1. The summed E-state index contributed by atoms with van der Waals surface area (Å²) >= 11 is 0. The summed E-state index contributed by atoms with van der Waals surface area (Å²) in [5, 5.41) is 15.8. The van der Waals surface area contributed by atoms with Crippen molar-refractivity contribution in [2.24, 2.45) is 7.05 Å². The Morgan fingerprint density at radius 3 is 2.75 bits per heavy atom. The van der Waals surface area contributed by atoms with E-state index < -0.39 is 6.10 Å². The summed E-state index contributed by atoms with van der Waals surface area (Å²) in [6.07, 6.45) is 0.104. The number of anilines is 1. The van der Waals surface area contributed by atoms with E-state index in [0.29, 0.717) is 23.5 Å². The number of hydrogen-bond acceptors (Lipinski definition) is 4. The van der Waals surface area contributed by atoms with Gasteiger partial charge in [-0.15, -0.1) is 0 Å². The lowest BCUT2D eigenvalue weighted by Crippen LogP contribution is -2.32. The Kier molecular flexibility index (Phi) is 3.89. The summed E-state index contributed by atoms with van der Waals surface area (Å²) in [5.41, 5.74) is 7.28. The summed E-state index contributed by atoms with van der Waals surface area (Å²) in [6, 6.07) is 0. The number of amides is 1. The van der Waals surface area contributed by atoms with Gasteiger partial charge in [-0.25, -0.2) is 0 Å². The Balaban J connectivity index is 2.86. The van der Waals surface area contributed by atoms with Crippen LogP contribution >= 0.6 is 0 Å². The number of nitrogens with one attached hydrogen (secondary N) is 1. The van der Waals surface area contributed by atoms with Crippen LogP contribution < -0.4 is 11.1 Å². The molecule has 0 fully saturated rings. The van der Waals surface area contributed by atoms with Crippen LogP contribution in [0.15, 0.2) is 0 Å². The van der Waals surface area contributed by atoms with Gasteiger partial charge in [0, 0.05) is 13.6 Å². The monoisotopic (exact) mass is 226 g/mol. The number of hydrogen-bond donors (Lipinski definition) is 3. The van der Waals surface area contributed by atoms with Crippen LogP contribution in [0.5, 0.6) is 0 Å². The second-order valence-electron chi connectivity index (χ2n) is 3.75. The first kappa shape index (κ1) is 12.5. The molecule has 4 N–H and O–H groups in total. The molecule has 16 heavy (non-hydrogen) atoms. The molecule has 0 aliphatic carbocycles. The quantitative estimate of drug-likeness (QED) is 0.655. The minimum atomic E-state index is -0.580. The fourth-order valence-electron chi connectivity index (χ4n) is 1.45. The molecule has 0 saturated heterocycles. The molecule has 1 unspecified atom stereocenters. The van der Waals surface area contributed by atoms with E-state index in [1.54, 1.807) is 14.0 Å². The molecule has 0 spiro atoms. The van der Waals surface area contributed by atoms with Gasteiger partial charge in [-0.3, -0.25) is 9.48 Å². The van der Waals surface area contributed by atoms with Gasteiger partial charge in [0.1, 0.15) is 5.69 Å². The molecule has 6 nitrogen and oxygen atoms in total. The van der Waals surface area contributed by atoms with Gasteiger partial charge in [-0.2, -0.15) is 5.10 Å². The first-order valence-electron chi connectivity index (χ1n) is 5.25. The summed E-state index contributed by atoms with van der Waals surface area (Å²) in [6.45, 7) is 3.73. The maximum atomic E-state index is 11.8. The molecular formula is C10H18N4O2. The number of aromatic nitrogens is 2. The van der Waals surface area contributed by atoms with Gasteiger partial charge < -0.3 is 16.2 Å². The van der Waals surface area contributed by atoms with Gasteiger partial charge in [0.05, 0.1) is 17.5 Å². The minimum Gasteiger partial charge on any atom is -0.395 e. The van der Waals surface area contributed by atoms with Crippen LogP contribution in [0.2, 0.25) is 0 Å². The van der Waals surface area contributed by atoms with Gasteiger partial charge in [-0.05, 0) is 13.3 Å². The van der Waals surface area contributed by atoms with Gasteiger partial charge in [0.25, 0.3) is 5.91 Å². The van der Waals surface area contributed by atoms with Crippen molar-refractivity contribution in [3.63, 3.8) is 0 Å². The van der Waals surface area contributed by atoms with Crippen LogP contribution in [0.4, 0.5) is 5.69 Å². The molecule has 1 amide bonds. The zero-order valence-corrected chi connectivity index (χ0v) is 9.82. The van der Waals surface area contributed by atoms with Gasteiger partial charge in [0.2, 0.25) is 0 Å². The first-order valence-corrected chi connectivity index (χ1v) is 5.25. The third kappa shape index (κ3) is 2.52. The summed E-state index contributed by atoms with van der Waals surface area (Å²) in [4.78, 5) is 11.8. The average Bonchev–Trinajstić information content (AvgIpc) is 2.50. The predicted molar refractivity (Wildman–Crippen MR) is 61.0 cm³/mol. The van der Waals surface area contributed by atoms with Gasteiger partial charge in [0.15, 0.2) is 0 Å². The summed E-state index contributed by atoms with van der Waals surface area (Å²) < 4.78 is 1.46. The number of rotatable bonds is 4. The minimum absolute atomic E-state index is 0.199. The average molecular weight is 226 g/mol. The SMILES string of the molecule is CCc1nn(C)c(C(=O)NCC(C)O)c1N. The van der Waals surface area contributed by atoms with Crippen molar-refractivity contribution in [3.05, 3.63) is 11.4 Å². The van der Waals surface area contributed by atoms with E-state index in [4.69, 9.17) is 10.8 Å². The predicted octanol–water partition coefficient (Wildman–Crippen LogP) is -0.325. The number of aliphatic hydroxyl groups excluding tert-OH is 1. The summed E-state index contributed by atoms with van der Waals surface area (Å²) in [7, 11) is 1.67. The van der Waals surface area contributed by atoms with E-state index in [1.165, 1.54) is 4.68 Å². The van der Waals surface area contributed by atoms with E-state index in [0.717, 1.165) is 0 Å². The van der Waals surface area contributed by atoms with Gasteiger partial charge in [-0.1, -0.05) is 6.92 Å². The van der Waals surface area contributed by atoms with E-state index in [2.05, 4.69) is 10.4 Å². The lowest BCUT2D eigenvalue weighted by molar-refractivity contribution is 0.0915. The Morgan fingerprint density at radius 1 is 1.69 bits per heavy atom. The second-order valence-corrected chi connectivity index (χ2v) is 3.75. The maximum Gasteiger partial charge on any atom is 0.271 e. The fourth-order valence-corrected chi connectivity index (χ4v) is 1.45. The molecule has 0 radical (unpaired) electrons. The highest BCUT2D eigenvalue weighted by molar-refractivity contribution is 5.97. The normalized spacial score (nSPS) is 12.5. The number of aliphatic hydroxyl groups is 1. The van der Waals surface area contributed by atoms with Crippen molar-refractivity contribution >= 4 is 11.6 Å². The number of aryl methyl sites for hydroxylation is 2. The highest BCUT2D eigenvalue weighted by atomic mass is 16.3. The van der Waals surface area contributed by atoms with Crippen LogP contribution in [0.3, 0.4) is 0 Å². The molecule has 0 aromatic carbocycles. The summed E-state index contributed by atoms with van der Waals surface area (Å²) in [5.74, 6) is -0.312. The Bertz CT molecular complexity index is 384. The molecule has 1 heterocycles. The Hall–Kier alpha value is -1.56. The van der Waals surface area contributed by atoms with Crippen molar-refractivity contribution in [3.8, 4) is 0 Å². The van der Waals surface area contributed by atoms with Crippen LogP contribution in [0.1, 0.15) is 30.0 Å². The van der Waals surface area contributed by atoms with E-state index in [-0.39, 0.29) is 12.5 Å². The van der Waals surface area contributed by atoms with E-state index >= 15 is 0 Å². The smallest absolute Gasteiger partial charge is 0.271 e. The molecule has 0 aliphatic rings. The van der Waals surface area contributed by atoms with Gasteiger partial charge >= 0.3 is 0 Å². The van der Waals surface area contributed by atoms with Crippen molar-refractivity contribution in [2.75, 3.05) is 12.3 Å². The van der Waals surface area contributed by atoms with Crippen LogP contribution in [0.25, 0.3) is 0 Å². The Morgan fingerprint density at radius 2 is 2.31 bits per heavy atom. The number of nitrogens with two attached hydrogens (primary N) is 1. The second kappa shape index (κ2) is 4.98.